The van der Waals surface area contributed by atoms with Gasteiger partial charge in [0.1, 0.15) is 0 Å². The lowest BCUT2D eigenvalue weighted by atomic mass is 10.1. The van der Waals surface area contributed by atoms with Gasteiger partial charge in [0.05, 0.1) is 11.4 Å². The van der Waals surface area contributed by atoms with Gasteiger partial charge in [0.2, 0.25) is 0 Å². The number of halogens is 1. The summed E-state index contributed by atoms with van der Waals surface area (Å²) >= 11 is 0. The van der Waals surface area contributed by atoms with Gasteiger partial charge >= 0.3 is 0 Å². The number of hydrogen-bond acceptors (Lipinski definition) is 4. The van der Waals surface area contributed by atoms with Crippen molar-refractivity contribution in [1.29, 1.82) is 0 Å². The monoisotopic (exact) mass is 516 g/mol. The Morgan fingerprint density at radius 1 is 1.14 bits per heavy atom. The molecule has 6 nitrogen and oxygen atoms in total. The molecule has 8 heteroatoms. The van der Waals surface area contributed by atoms with E-state index < -0.39 is 9.84 Å². The minimum absolute atomic E-state index is 0. The summed E-state index contributed by atoms with van der Waals surface area (Å²) in [7, 11) is -3.20. The van der Waals surface area contributed by atoms with Crippen LogP contribution in [0.4, 0.5) is 0 Å². The highest BCUT2D eigenvalue weighted by Gasteiger charge is 2.10. The van der Waals surface area contributed by atoms with Crippen molar-refractivity contribution >= 4 is 39.8 Å². The van der Waals surface area contributed by atoms with E-state index in [0.29, 0.717) is 11.4 Å². The third-order valence-electron chi connectivity index (χ3n) is 4.23. The summed E-state index contributed by atoms with van der Waals surface area (Å²) in [5.74, 6) is 0.744. The van der Waals surface area contributed by atoms with Crippen LogP contribution in [0.3, 0.4) is 0 Å². The SMILES string of the molecule is CCNC(=NCc1ccc(S(C)(=O)=O)c(C)c1)NCCc1ccncc1C.I. The van der Waals surface area contributed by atoms with E-state index in [1.54, 1.807) is 6.07 Å². The molecule has 0 atom stereocenters. The summed E-state index contributed by atoms with van der Waals surface area (Å²) in [5, 5.41) is 6.57. The molecule has 0 fully saturated rings. The van der Waals surface area contributed by atoms with Gasteiger partial charge in [-0.3, -0.25) is 4.98 Å². The second-order valence-corrected chi connectivity index (χ2v) is 8.53. The van der Waals surface area contributed by atoms with Crippen LogP contribution in [0.15, 0.2) is 46.5 Å². The van der Waals surface area contributed by atoms with Gasteiger partial charge in [0.25, 0.3) is 0 Å². The molecule has 0 bridgehead atoms. The van der Waals surface area contributed by atoms with E-state index in [1.807, 2.05) is 44.4 Å². The lowest BCUT2D eigenvalue weighted by Gasteiger charge is -2.12. The van der Waals surface area contributed by atoms with Crippen molar-refractivity contribution in [3.8, 4) is 0 Å². The van der Waals surface area contributed by atoms with Crippen molar-refractivity contribution in [2.75, 3.05) is 19.3 Å². The lowest BCUT2D eigenvalue weighted by molar-refractivity contribution is 0.601. The minimum atomic E-state index is -3.20. The van der Waals surface area contributed by atoms with Crippen LogP contribution in [-0.2, 0) is 22.8 Å². The quantitative estimate of drug-likeness (QED) is 0.336. The molecular weight excluding hydrogens is 487 g/mol. The molecule has 0 aliphatic heterocycles. The molecule has 1 aromatic heterocycles. The molecule has 0 aliphatic carbocycles. The number of aliphatic imine (C=N–C) groups is 1. The molecule has 154 valence electrons. The zero-order chi connectivity index (χ0) is 19.9. The van der Waals surface area contributed by atoms with Crippen LogP contribution in [0.2, 0.25) is 0 Å². The summed E-state index contributed by atoms with van der Waals surface area (Å²) < 4.78 is 23.4. The molecule has 0 saturated heterocycles. The number of benzene rings is 1. The van der Waals surface area contributed by atoms with Gasteiger partial charge in [-0.05, 0) is 61.6 Å². The Morgan fingerprint density at radius 3 is 2.50 bits per heavy atom. The van der Waals surface area contributed by atoms with Gasteiger partial charge < -0.3 is 10.6 Å². The van der Waals surface area contributed by atoms with E-state index in [2.05, 4.69) is 27.5 Å². The number of rotatable bonds is 7. The summed E-state index contributed by atoms with van der Waals surface area (Å²) in [6.07, 6.45) is 5.80. The Morgan fingerprint density at radius 2 is 1.89 bits per heavy atom. The predicted octanol–water partition coefficient (Wildman–Crippen LogP) is 3.02. The molecule has 2 rings (SSSR count). The fourth-order valence-corrected chi connectivity index (χ4v) is 3.80. The van der Waals surface area contributed by atoms with Gasteiger partial charge in [-0.25, -0.2) is 13.4 Å². The number of nitrogens with one attached hydrogen (secondary N) is 2. The van der Waals surface area contributed by atoms with Crippen molar-refractivity contribution in [2.24, 2.45) is 4.99 Å². The maximum absolute atomic E-state index is 11.7. The zero-order valence-electron chi connectivity index (χ0n) is 16.8. The number of guanidine groups is 1. The van der Waals surface area contributed by atoms with Gasteiger partial charge in [0.15, 0.2) is 15.8 Å². The Labute approximate surface area is 185 Å². The lowest BCUT2D eigenvalue weighted by Crippen LogP contribution is -2.38. The first kappa shape index (κ1) is 24.4. The molecule has 2 N–H and O–H groups in total. The van der Waals surface area contributed by atoms with Crippen molar-refractivity contribution in [3.63, 3.8) is 0 Å². The molecular formula is C20H29IN4O2S. The number of aryl methyl sites for hydroxylation is 2. The largest absolute Gasteiger partial charge is 0.357 e. The fraction of sp³-hybridized carbons (Fsp3) is 0.400. The molecule has 0 radical (unpaired) electrons. The number of nitrogens with zero attached hydrogens (tertiary/aromatic N) is 2. The third-order valence-corrected chi connectivity index (χ3v) is 5.48. The van der Waals surface area contributed by atoms with Crippen LogP contribution in [0.25, 0.3) is 0 Å². The van der Waals surface area contributed by atoms with E-state index in [0.717, 1.165) is 36.6 Å². The Bertz CT molecular complexity index is 914. The molecule has 0 spiro atoms. The topological polar surface area (TPSA) is 83.5 Å². The second-order valence-electron chi connectivity index (χ2n) is 6.55. The van der Waals surface area contributed by atoms with Crippen molar-refractivity contribution in [1.82, 2.24) is 15.6 Å². The smallest absolute Gasteiger partial charge is 0.191 e. The third kappa shape index (κ3) is 7.38. The first-order valence-corrected chi connectivity index (χ1v) is 10.9. The standard InChI is InChI=1S/C20H28N4O2S.HI/c1-5-22-20(23-11-9-18-8-10-21-13-16(18)3)24-14-17-6-7-19(15(2)12-17)27(4,25)26;/h6-8,10,12-13H,5,9,11,14H2,1-4H3,(H2,22,23,24);1H. The Hall–Kier alpha value is -1.68. The Balaban J connectivity index is 0.00000392. The normalized spacial score (nSPS) is 11.6. The maximum atomic E-state index is 11.7. The number of pyridine rings is 1. The molecule has 0 amide bonds. The number of aromatic nitrogens is 1. The minimum Gasteiger partial charge on any atom is -0.357 e. The van der Waals surface area contributed by atoms with E-state index >= 15 is 0 Å². The zero-order valence-corrected chi connectivity index (χ0v) is 20.0. The van der Waals surface area contributed by atoms with Crippen LogP contribution in [0.1, 0.15) is 29.2 Å². The van der Waals surface area contributed by atoms with Gasteiger partial charge in [-0.2, -0.15) is 0 Å². The molecule has 0 aliphatic rings. The van der Waals surface area contributed by atoms with Crippen LogP contribution in [-0.4, -0.2) is 38.7 Å². The van der Waals surface area contributed by atoms with Crippen molar-refractivity contribution in [2.45, 2.75) is 38.6 Å². The van der Waals surface area contributed by atoms with E-state index in [-0.39, 0.29) is 24.0 Å². The molecule has 1 aromatic carbocycles. The van der Waals surface area contributed by atoms with E-state index in [9.17, 15) is 8.42 Å². The average Bonchev–Trinajstić information content (AvgIpc) is 2.60. The summed E-state index contributed by atoms with van der Waals surface area (Å²) in [5.41, 5.74) is 4.17. The fourth-order valence-electron chi connectivity index (χ4n) is 2.84. The molecule has 2 aromatic rings. The van der Waals surface area contributed by atoms with Crippen molar-refractivity contribution < 1.29 is 8.42 Å². The van der Waals surface area contributed by atoms with E-state index in [4.69, 9.17) is 0 Å². The van der Waals surface area contributed by atoms with Gasteiger partial charge in [-0.15, -0.1) is 24.0 Å². The highest BCUT2D eigenvalue weighted by molar-refractivity contribution is 14.0. The number of hydrogen-bond donors (Lipinski definition) is 2. The van der Waals surface area contributed by atoms with Crippen LogP contribution in [0, 0.1) is 13.8 Å². The summed E-state index contributed by atoms with van der Waals surface area (Å²) in [6.45, 7) is 7.91. The highest BCUT2D eigenvalue weighted by atomic mass is 127. The molecule has 28 heavy (non-hydrogen) atoms. The molecule has 1 heterocycles. The maximum Gasteiger partial charge on any atom is 0.191 e. The van der Waals surface area contributed by atoms with Crippen LogP contribution < -0.4 is 10.6 Å². The van der Waals surface area contributed by atoms with Gasteiger partial charge in [0, 0.05) is 31.7 Å². The average molecular weight is 516 g/mol. The Kier molecular flexibility index (Phi) is 9.88. The first-order valence-electron chi connectivity index (χ1n) is 9.02. The molecule has 0 saturated carbocycles. The second kappa shape index (κ2) is 11.4. The first-order chi connectivity index (χ1) is 12.8. The van der Waals surface area contributed by atoms with E-state index in [1.165, 1.54) is 17.4 Å². The summed E-state index contributed by atoms with van der Waals surface area (Å²) in [4.78, 5) is 9.09. The highest BCUT2D eigenvalue weighted by Crippen LogP contribution is 2.17. The van der Waals surface area contributed by atoms with Crippen LogP contribution in [0.5, 0.6) is 0 Å². The predicted molar refractivity (Wildman–Crippen MR) is 125 cm³/mol. The van der Waals surface area contributed by atoms with Crippen molar-refractivity contribution in [3.05, 3.63) is 58.9 Å². The number of sulfone groups is 1. The molecule has 0 unspecified atom stereocenters. The van der Waals surface area contributed by atoms with Crippen LogP contribution >= 0.6 is 24.0 Å². The summed E-state index contributed by atoms with van der Waals surface area (Å²) in [6, 6.07) is 7.38. The van der Waals surface area contributed by atoms with Gasteiger partial charge in [-0.1, -0.05) is 12.1 Å².